The van der Waals surface area contributed by atoms with Crippen LogP contribution in [0.15, 0.2) is 36.4 Å². The van der Waals surface area contributed by atoms with Crippen LogP contribution < -0.4 is 14.8 Å². The van der Waals surface area contributed by atoms with E-state index in [1.54, 1.807) is 0 Å². The van der Waals surface area contributed by atoms with E-state index < -0.39 is 0 Å². The number of aryl methyl sites for hydroxylation is 1. The molecule has 6 heteroatoms. The van der Waals surface area contributed by atoms with Crippen molar-refractivity contribution >= 4 is 6.09 Å². The molecule has 3 saturated heterocycles. The molecular formula is C28H36N2O4. The summed E-state index contributed by atoms with van der Waals surface area (Å²) in [5, 5.41) is 3.19. The minimum atomic E-state index is -0.323. The van der Waals surface area contributed by atoms with E-state index in [2.05, 4.69) is 61.3 Å². The highest BCUT2D eigenvalue weighted by atomic mass is 16.6. The van der Waals surface area contributed by atoms with Gasteiger partial charge >= 0.3 is 6.09 Å². The first-order chi connectivity index (χ1) is 16.3. The SMILES string of the molecule is CCOc1ccc(-c2ccc3c(c2)OCC(C)(C)C3NC(=O)O[C@@H]2CN3CCC2CC3)c(C)c1. The quantitative estimate of drug-likeness (QED) is 0.647. The van der Waals surface area contributed by atoms with Gasteiger partial charge in [0.1, 0.15) is 17.6 Å². The summed E-state index contributed by atoms with van der Waals surface area (Å²) in [6.45, 7) is 12.6. The van der Waals surface area contributed by atoms with E-state index in [1.165, 1.54) is 0 Å². The maximum Gasteiger partial charge on any atom is 0.407 e. The zero-order valence-corrected chi connectivity index (χ0v) is 20.7. The number of amides is 1. The second-order valence-corrected chi connectivity index (χ2v) is 10.6. The summed E-state index contributed by atoms with van der Waals surface area (Å²) in [5.74, 6) is 2.19. The van der Waals surface area contributed by atoms with Crippen molar-refractivity contribution in [2.24, 2.45) is 11.3 Å². The number of hydrogen-bond acceptors (Lipinski definition) is 5. The molecule has 182 valence electrons. The van der Waals surface area contributed by atoms with Crippen molar-refractivity contribution in [2.75, 3.05) is 32.8 Å². The minimum Gasteiger partial charge on any atom is -0.494 e. The summed E-state index contributed by atoms with van der Waals surface area (Å²) in [5.41, 5.74) is 4.13. The van der Waals surface area contributed by atoms with E-state index in [4.69, 9.17) is 14.2 Å². The molecule has 0 saturated carbocycles. The van der Waals surface area contributed by atoms with Gasteiger partial charge < -0.3 is 19.5 Å². The molecule has 2 aromatic rings. The maximum absolute atomic E-state index is 13.0. The Morgan fingerprint density at radius 1 is 1.18 bits per heavy atom. The number of nitrogens with zero attached hydrogens (tertiary/aromatic N) is 1. The molecule has 2 aromatic carbocycles. The van der Waals surface area contributed by atoms with Gasteiger partial charge in [-0.15, -0.1) is 0 Å². The molecule has 0 aliphatic carbocycles. The molecule has 3 fully saturated rings. The molecular weight excluding hydrogens is 428 g/mol. The number of carbonyl (C=O) groups is 1. The summed E-state index contributed by atoms with van der Waals surface area (Å²) < 4.78 is 17.7. The molecule has 1 unspecified atom stereocenters. The average molecular weight is 465 g/mol. The predicted molar refractivity (Wildman–Crippen MR) is 132 cm³/mol. The van der Waals surface area contributed by atoms with Gasteiger partial charge in [-0.3, -0.25) is 4.90 Å². The van der Waals surface area contributed by atoms with E-state index in [0.29, 0.717) is 19.1 Å². The summed E-state index contributed by atoms with van der Waals surface area (Å²) in [6, 6.07) is 12.3. The summed E-state index contributed by atoms with van der Waals surface area (Å²) >= 11 is 0. The molecule has 2 atom stereocenters. The van der Waals surface area contributed by atoms with Gasteiger partial charge in [-0.25, -0.2) is 4.79 Å². The van der Waals surface area contributed by atoms with Crippen LogP contribution in [0.25, 0.3) is 11.1 Å². The van der Waals surface area contributed by atoms with Crippen molar-refractivity contribution in [1.82, 2.24) is 10.2 Å². The number of hydrogen-bond donors (Lipinski definition) is 1. The van der Waals surface area contributed by atoms with Crippen LogP contribution in [0.3, 0.4) is 0 Å². The van der Waals surface area contributed by atoms with Crippen LogP contribution >= 0.6 is 0 Å². The normalized spacial score (nSPS) is 26.8. The zero-order valence-electron chi connectivity index (χ0n) is 20.7. The fraction of sp³-hybridized carbons (Fsp3) is 0.536. The van der Waals surface area contributed by atoms with E-state index >= 15 is 0 Å². The molecule has 2 bridgehead atoms. The number of alkyl carbamates (subject to hydrolysis) is 1. The fourth-order valence-corrected chi connectivity index (χ4v) is 5.66. The smallest absolute Gasteiger partial charge is 0.407 e. The number of ether oxygens (including phenoxy) is 3. The molecule has 6 nitrogen and oxygen atoms in total. The van der Waals surface area contributed by atoms with Crippen LogP contribution in [0.1, 0.15) is 50.8 Å². The number of benzene rings is 2. The number of fused-ring (bicyclic) bond motifs is 4. The first-order valence-corrected chi connectivity index (χ1v) is 12.5. The van der Waals surface area contributed by atoms with Gasteiger partial charge in [-0.05, 0) is 80.6 Å². The van der Waals surface area contributed by atoms with Crippen molar-refractivity contribution < 1.29 is 19.0 Å². The fourth-order valence-electron chi connectivity index (χ4n) is 5.66. The lowest BCUT2D eigenvalue weighted by molar-refractivity contribution is -0.0361. The van der Waals surface area contributed by atoms with Crippen LogP contribution in [0.4, 0.5) is 4.79 Å². The first-order valence-electron chi connectivity index (χ1n) is 12.5. The Balaban J connectivity index is 1.35. The van der Waals surface area contributed by atoms with Gasteiger partial charge in [-0.2, -0.15) is 0 Å². The second kappa shape index (κ2) is 9.14. The lowest BCUT2D eigenvalue weighted by Crippen LogP contribution is -2.53. The van der Waals surface area contributed by atoms with E-state index in [9.17, 15) is 4.79 Å². The molecule has 6 rings (SSSR count). The zero-order chi connectivity index (χ0) is 23.9. The van der Waals surface area contributed by atoms with Crippen molar-refractivity contribution in [3.05, 3.63) is 47.5 Å². The molecule has 4 aliphatic rings. The van der Waals surface area contributed by atoms with E-state index in [0.717, 1.165) is 66.2 Å². The number of rotatable bonds is 5. The van der Waals surface area contributed by atoms with Gasteiger partial charge in [0.25, 0.3) is 0 Å². The van der Waals surface area contributed by atoms with Gasteiger partial charge in [0.15, 0.2) is 0 Å². The van der Waals surface area contributed by atoms with Crippen molar-refractivity contribution in [1.29, 1.82) is 0 Å². The van der Waals surface area contributed by atoms with Crippen molar-refractivity contribution in [3.8, 4) is 22.6 Å². The highest BCUT2D eigenvalue weighted by molar-refractivity contribution is 5.72. The maximum atomic E-state index is 13.0. The van der Waals surface area contributed by atoms with Crippen LogP contribution in [0.5, 0.6) is 11.5 Å². The first kappa shape index (κ1) is 23.0. The molecule has 0 spiro atoms. The van der Waals surface area contributed by atoms with Crippen molar-refractivity contribution in [2.45, 2.75) is 52.7 Å². The summed E-state index contributed by atoms with van der Waals surface area (Å²) in [4.78, 5) is 15.4. The lowest BCUT2D eigenvalue weighted by atomic mass is 9.78. The number of nitrogens with one attached hydrogen (secondary N) is 1. The van der Waals surface area contributed by atoms with E-state index in [-0.39, 0.29) is 23.7 Å². The van der Waals surface area contributed by atoms with Crippen LogP contribution in [-0.4, -0.2) is 49.9 Å². The Hall–Kier alpha value is -2.73. The van der Waals surface area contributed by atoms with Crippen LogP contribution in [-0.2, 0) is 4.74 Å². The lowest BCUT2D eigenvalue weighted by Gasteiger charge is -2.44. The third-order valence-electron chi connectivity index (χ3n) is 7.64. The van der Waals surface area contributed by atoms with Gasteiger partial charge in [0, 0.05) is 17.5 Å². The Morgan fingerprint density at radius 2 is 1.97 bits per heavy atom. The highest BCUT2D eigenvalue weighted by Crippen LogP contribution is 2.44. The van der Waals surface area contributed by atoms with Gasteiger partial charge in [0.05, 0.1) is 19.3 Å². The Labute approximate surface area is 202 Å². The molecule has 0 radical (unpaired) electrons. The average Bonchev–Trinajstić information content (AvgIpc) is 2.82. The van der Waals surface area contributed by atoms with Crippen LogP contribution in [0, 0.1) is 18.3 Å². The molecule has 4 aliphatic heterocycles. The van der Waals surface area contributed by atoms with E-state index in [1.807, 2.05) is 13.0 Å². The Kier molecular flexibility index (Phi) is 6.19. The monoisotopic (exact) mass is 464 g/mol. The van der Waals surface area contributed by atoms with Gasteiger partial charge in [0.2, 0.25) is 0 Å². The topological polar surface area (TPSA) is 60.0 Å². The Morgan fingerprint density at radius 3 is 2.65 bits per heavy atom. The highest BCUT2D eigenvalue weighted by Gasteiger charge is 2.41. The largest absolute Gasteiger partial charge is 0.494 e. The summed E-state index contributed by atoms with van der Waals surface area (Å²) in [7, 11) is 0. The number of piperidine rings is 3. The third-order valence-corrected chi connectivity index (χ3v) is 7.64. The third kappa shape index (κ3) is 4.48. The van der Waals surface area contributed by atoms with Crippen molar-refractivity contribution in [3.63, 3.8) is 0 Å². The predicted octanol–water partition coefficient (Wildman–Crippen LogP) is 5.34. The molecule has 1 N–H and O–H groups in total. The summed E-state index contributed by atoms with van der Waals surface area (Å²) in [6.07, 6.45) is 1.92. The molecule has 0 aromatic heterocycles. The van der Waals surface area contributed by atoms with Crippen LogP contribution in [0.2, 0.25) is 0 Å². The standard InChI is InChI=1S/C28H36N2O4/c1-5-32-21-7-9-22(18(2)14-21)20-6-8-23-24(15-20)33-17-28(3,4)26(23)29-27(31)34-25-16-30-12-10-19(25)11-13-30/h6-9,14-15,19,25-26H,5,10-13,16-17H2,1-4H3,(H,29,31)/t25-,26?/m1/s1. The minimum absolute atomic E-state index is 0.00469. The molecule has 34 heavy (non-hydrogen) atoms. The Bertz CT molecular complexity index is 1060. The number of carbonyl (C=O) groups excluding carboxylic acids is 1. The molecule has 1 amide bonds. The van der Waals surface area contributed by atoms with Gasteiger partial charge in [-0.1, -0.05) is 32.0 Å². The second-order valence-electron chi connectivity index (χ2n) is 10.6. The molecule has 4 heterocycles.